The lowest BCUT2D eigenvalue weighted by Gasteiger charge is -2.24. The fourth-order valence-electron chi connectivity index (χ4n) is 1.85. The highest BCUT2D eigenvalue weighted by molar-refractivity contribution is 9.10. The molecule has 0 amide bonds. The lowest BCUT2D eigenvalue weighted by atomic mass is 10.2. The molecular formula is C15H12BrFN2. The van der Waals surface area contributed by atoms with Crippen molar-refractivity contribution < 1.29 is 4.39 Å². The van der Waals surface area contributed by atoms with Gasteiger partial charge in [0.05, 0.1) is 18.2 Å². The zero-order valence-electron chi connectivity index (χ0n) is 10.2. The number of hydrogen-bond donors (Lipinski definition) is 0. The topological polar surface area (TPSA) is 27.0 Å². The van der Waals surface area contributed by atoms with E-state index < -0.39 is 0 Å². The molecule has 96 valence electrons. The van der Waals surface area contributed by atoms with E-state index in [4.69, 9.17) is 5.26 Å². The molecule has 0 heterocycles. The van der Waals surface area contributed by atoms with Crippen molar-refractivity contribution in [1.82, 2.24) is 0 Å². The summed E-state index contributed by atoms with van der Waals surface area (Å²) in [4.78, 5) is 1.81. The van der Waals surface area contributed by atoms with E-state index in [1.54, 1.807) is 12.1 Å². The molecule has 2 aromatic rings. The summed E-state index contributed by atoms with van der Waals surface area (Å²) >= 11 is 3.35. The maximum atomic E-state index is 14.0. The predicted octanol–water partition coefficient (Wildman–Crippen LogP) is 4.64. The molecule has 19 heavy (non-hydrogen) atoms. The molecule has 0 aliphatic rings. The third-order valence-electron chi connectivity index (χ3n) is 2.71. The number of benzene rings is 2. The summed E-state index contributed by atoms with van der Waals surface area (Å²) in [7, 11) is 0. The Balaban J connectivity index is 2.43. The molecule has 0 aromatic heterocycles. The van der Waals surface area contributed by atoms with Gasteiger partial charge in [-0.05, 0) is 30.3 Å². The van der Waals surface area contributed by atoms with Gasteiger partial charge in [0.1, 0.15) is 5.82 Å². The number of nitriles is 1. The van der Waals surface area contributed by atoms with Crippen molar-refractivity contribution in [3.8, 4) is 6.07 Å². The van der Waals surface area contributed by atoms with Crippen molar-refractivity contribution >= 4 is 27.3 Å². The maximum Gasteiger partial charge on any atom is 0.146 e. The van der Waals surface area contributed by atoms with Crippen molar-refractivity contribution in [2.45, 2.75) is 6.42 Å². The third-order valence-corrected chi connectivity index (χ3v) is 3.21. The molecule has 0 fully saturated rings. The van der Waals surface area contributed by atoms with Crippen LogP contribution in [0.1, 0.15) is 6.42 Å². The largest absolute Gasteiger partial charge is 0.338 e. The Kier molecular flexibility index (Phi) is 4.53. The Labute approximate surface area is 120 Å². The highest BCUT2D eigenvalue weighted by Crippen LogP contribution is 2.30. The van der Waals surface area contributed by atoms with Crippen LogP contribution in [0.3, 0.4) is 0 Å². The van der Waals surface area contributed by atoms with Crippen molar-refractivity contribution in [1.29, 1.82) is 5.26 Å². The molecule has 0 N–H and O–H groups in total. The standard InChI is InChI=1S/C15H12BrFN2/c16-12-7-8-14(17)15(11-12)19(10-4-9-18)13-5-2-1-3-6-13/h1-3,5-8,11H,4,10H2. The molecule has 2 aromatic carbocycles. The number of anilines is 2. The fraction of sp³-hybridized carbons (Fsp3) is 0.133. The number of para-hydroxylation sites is 1. The molecule has 4 heteroatoms. The summed E-state index contributed by atoms with van der Waals surface area (Å²) < 4.78 is 14.8. The van der Waals surface area contributed by atoms with Crippen molar-refractivity contribution in [2.24, 2.45) is 0 Å². The van der Waals surface area contributed by atoms with Gasteiger partial charge in [-0.2, -0.15) is 5.26 Å². The van der Waals surface area contributed by atoms with Crippen molar-refractivity contribution in [3.05, 3.63) is 58.8 Å². The summed E-state index contributed by atoms with van der Waals surface area (Å²) in [5, 5.41) is 8.75. The van der Waals surface area contributed by atoms with Gasteiger partial charge in [0.15, 0.2) is 0 Å². The summed E-state index contributed by atoms with van der Waals surface area (Å²) in [6.45, 7) is 0.452. The first-order chi connectivity index (χ1) is 9.22. The summed E-state index contributed by atoms with van der Waals surface area (Å²) in [5.41, 5.74) is 1.34. The molecule has 0 saturated carbocycles. The number of hydrogen-bond acceptors (Lipinski definition) is 2. The quantitative estimate of drug-likeness (QED) is 0.821. The van der Waals surface area contributed by atoms with Crippen LogP contribution in [0, 0.1) is 17.1 Å². The van der Waals surface area contributed by atoms with Crippen LogP contribution in [-0.4, -0.2) is 6.54 Å². The first kappa shape index (κ1) is 13.6. The Morgan fingerprint density at radius 3 is 2.58 bits per heavy atom. The number of halogens is 2. The minimum Gasteiger partial charge on any atom is -0.338 e. The minimum atomic E-state index is -0.301. The second-order valence-electron chi connectivity index (χ2n) is 3.99. The van der Waals surface area contributed by atoms with Crippen LogP contribution in [0.2, 0.25) is 0 Å². The van der Waals surface area contributed by atoms with E-state index in [-0.39, 0.29) is 5.82 Å². The summed E-state index contributed by atoms with van der Waals surface area (Å²) in [5.74, 6) is -0.301. The van der Waals surface area contributed by atoms with Crippen molar-refractivity contribution in [3.63, 3.8) is 0 Å². The summed E-state index contributed by atoms with van der Waals surface area (Å²) in [6.07, 6.45) is 0.334. The molecule has 0 spiro atoms. The molecule has 0 saturated heterocycles. The molecule has 0 aliphatic carbocycles. The molecule has 0 radical (unpaired) electrons. The van der Waals surface area contributed by atoms with Crippen LogP contribution in [0.5, 0.6) is 0 Å². The monoisotopic (exact) mass is 318 g/mol. The second kappa shape index (κ2) is 6.35. The molecule has 2 rings (SSSR count). The van der Waals surface area contributed by atoms with Crippen LogP contribution in [0.25, 0.3) is 0 Å². The number of nitrogens with zero attached hydrogens (tertiary/aromatic N) is 2. The zero-order valence-corrected chi connectivity index (χ0v) is 11.8. The average Bonchev–Trinajstić information content (AvgIpc) is 2.44. The van der Waals surface area contributed by atoms with E-state index in [0.717, 1.165) is 10.2 Å². The maximum absolute atomic E-state index is 14.0. The van der Waals surface area contributed by atoms with Gasteiger partial charge >= 0.3 is 0 Å². The normalized spacial score (nSPS) is 9.95. The Morgan fingerprint density at radius 1 is 1.16 bits per heavy atom. The van der Waals surface area contributed by atoms with E-state index in [2.05, 4.69) is 22.0 Å². The molecule has 0 atom stereocenters. The number of rotatable bonds is 4. The SMILES string of the molecule is N#CCCN(c1ccccc1)c1cc(Br)ccc1F. The van der Waals surface area contributed by atoms with Crippen LogP contribution >= 0.6 is 15.9 Å². The van der Waals surface area contributed by atoms with Gasteiger partial charge in [0.2, 0.25) is 0 Å². The van der Waals surface area contributed by atoms with Crippen LogP contribution in [0.15, 0.2) is 53.0 Å². The van der Waals surface area contributed by atoms with Crippen LogP contribution < -0.4 is 4.90 Å². The van der Waals surface area contributed by atoms with Crippen LogP contribution in [-0.2, 0) is 0 Å². The van der Waals surface area contributed by atoms with Gasteiger partial charge in [0, 0.05) is 16.7 Å². The highest BCUT2D eigenvalue weighted by Gasteiger charge is 2.13. The van der Waals surface area contributed by atoms with Crippen molar-refractivity contribution in [2.75, 3.05) is 11.4 Å². The van der Waals surface area contributed by atoms with Gasteiger partial charge in [-0.15, -0.1) is 0 Å². The lowest BCUT2D eigenvalue weighted by Crippen LogP contribution is -2.19. The fourth-order valence-corrected chi connectivity index (χ4v) is 2.20. The Bertz CT molecular complexity index is 593. The molecule has 0 bridgehead atoms. The Hall–Kier alpha value is -1.86. The minimum absolute atomic E-state index is 0.301. The van der Waals surface area contributed by atoms with Gasteiger partial charge < -0.3 is 4.90 Å². The second-order valence-corrected chi connectivity index (χ2v) is 4.91. The molecule has 0 aliphatic heterocycles. The van der Waals surface area contributed by atoms with Gasteiger partial charge in [0.25, 0.3) is 0 Å². The molecular weight excluding hydrogens is 307 g/mol. The third kappa shape index (κ3) is 3.33. The van der Waals surface area contributed by atoms with E-state index in [0.29, 0.717) is 18.7 Å². The molecule has 0 unspecified atom stereocenters. The van der Waals surface area contributed by atoms with Gasteiger partial charge in [-0.25, -0.2) is 4.39 Å². The predicted molar refractivity (Wildman–Crippen MR) is 77.8 cm³/mol. The first-order valence-corrected chi connectivity index (χ1v) is 6.66. The van der Waals surface area contributed by atoms with E-state index in [1.807, 2.05) is 35.2 Å². The van der Waals surface area contributed by atoms with Gasteiger partial charge in [-0.3, -0.25) is 0 Å². The lowest BCUT2D eigenvalue weighted by molar-refractivity contribution is 0.624. The van der Waals surface area contributed by atoms with E-state index in [9.17, 15) is 4.39 Å². The zero-order chi connectivity index (χ0) is 13.7. The van der Waals surface area contributed by atoms with Crippen LogP contribution in [0.4, 0.5) is 15.8 Å². The Morgan fingerprint density at radius 2 is 1.89 bits per heavy atom. The van der Waals surface area contributed by atoms with E-state index >= 15 is 0 Å². The average molecular weight is 319 g/mol. The van der Waals surface area contributed by atoms with Gasteiger partial charge in [-0.1, -0.05) is 34.1 Å². The highest BCUT2D eigenvalue weighted by atomic mass is 79.9. The smallest absolute Gasteiger partial charge is 0.146 e. The molecule has 2 nitrogen and oxygen atoms in total. The first-order valence-electron chi connectivity index (χ1n) is 5.87. The van der Waals surface area contributed by atoms with E-state index in [1.165, 1.54) is 6.07 Å². The summed E-state index contributed by atoms with van der Waals surface area (Å²) in [6, 6.07) is 16.4.